The molecule has 0 bridgehead atoms. The number of amides is 1. The van der Waals surface area contributed by atoms with Crippen LogP contribution in [0, 0.1) is 12.8 Å². The van der Waals surface area contributed by atoms with Gasteiger partial charge < -0.3 is 9.80 Å². The first-order valence-electron chi connectivity index (χ1n) is 8.44. The lowest BCUT2D eigenvalue weighted by Crippen LogP contribution is -2.51. The minimum absolute atomic E-state index is 0.0248. The van der Waals surface area contributed by atoms with Gasteiger partial charge in [0, 0.05) is 38.9 Å². The highest BCUT2D eigenvalue weighted by Gasteiger charge is 2.38. The molecule has 0 aliphatic carbocycles. The highest BCUT2D eigenvalue weighted by atomic mass is 19.4. The Balaban J connectivity index is 1.50. The summed E-state index contributed by atoms with van der Waals surface area (Å²) in [6.07, 6.45) is -2.00. The van der Waals surface area contributed by atoms with Gasteiger partial charge in [0.25, 0.3) is 0 Å². The Morgan fingerprint density at radius 1 is 1.24 bits per heavy atom. The van der Waals surface area contributed by atoms with Gasteiger partial charge in [0.15, 0.2) is 0 Å². The molecule has 1 aromatic heterocycles. The topological polar surface area (TPSA) is 52.6 Å². The molecule has 25 heavy (non-hydrogen) atoms. The van der Waals surface area contributed by atoms with Crippen LogP contribution in [0.2, 0.25) is 0 Å². The van der Waals surface area contributed by atoms with Crippen molar-refractivity contribution in [1.82, 2.24) is 19.8 Å². The van der Waals surface area contributed by atoms with Crippen LogP contribution in [0.5, 0.6) is 0 Å². The molecule has 0 spiro atoms. The molecule has 9 heteroatoms. The maximum Gasteiger partial charge on any atom is 0.401 e. The number of aromatic nitrogens is 2. The molecule has 0 N–H and O–H groups in total. The van der Waals surface area contributed by atoms with Gasteiger partial charge in [-0.25, -0.2) is 9.97 Å². The molecule has 2 saturated heterocycles. The highest BCUT2D eigenvalue weighted by molar-refractivity contribution is 5.79. The number of carbonyl (C=O) groups is 1. The molecule has 0 saturated carbocycles. The summed E-state index contributed by atoms with van der Waals surface area (Å²) >= 11 is 0. The highest BCUT2D eigenvalue weighted by Crippen LogP contribution is 2.24. The van der Waals surface area contributed by atoms with Crippen LogP contribution in [0.25, 0.3) is 0 Å². The molecule has 1 atom stereocenters. The third kappa shape index (κ3) is 4.59. The monoisotopic (exact) mass is 357 g/mol. The second kappa shape index (κ2) is 7.15. The average molecular weight is 357 g/mol. The maximum absolute atomic E-state index is 12.6. The smallest absolute Gasteiger partial charge is 0.353 e. The number of alkyl halides is 3. The third-order valence-electron chi connectivity index (χ3n) is 4.70. The van der Waals surface area contributed by atoms with Crippen LogP contribution in [0.1, 0.15) is 12.2 Å². The second-order valence-corrected chi connectivity index (χ2v) is 6.61. The average Bonchev–Trinajstić information content (AvgIpc) is 3.01. The number of aryl methyl sites for hydroxylation is 1. The van der Waals surface area contributed by atoms with Crippen LogP contribution in [-0.2, 0) is 4.79 Å². The third-order valence-corrected chi connectivity index (χ3v) is 4.70. The predicted octanol–water partition coefficient (Wildman–Crippen LogP) is 1.32. The zero-order chi connectivity index (χ0) is 18.0. The summed E-state index contributed by atoms with van der Waals surface area (Å²) in [6, 6.07) is 1.84. The van der Waals surface area contributed by atoms with E-state index >= 15 is 0 Å². The Morgan fingerprint density at radius 3 is 2.60 bits per heavy atom. The Morgan fingerprint density at radius 2 is 1.96 bits per heavy atom. The molecule has 1 unspecified atom stereocenters. The summed E-state index contributed by atoms with van der Waals surface area (Å²) in [5.41, 5.74) is 0. The largest absolute Gasteiger partial charge is 0.401 e. The molecule has 2 fully saturated rings. The van der Waals surface area contributed by atoms with Crippen molar-refractivity contribution >= 4 is 11.7 Å². The molecule has 3 rings (SSSR count). The SMILES string of the molecule is Cc1nccc(N2CCN(C(=O)C3CCN(CC(F)(F)F)C3)CC2)n1. The summed E-state index contributed by atoms with van der Waals surface area (Å²) in [5, 5.41) is 0. The van der Waals surface area contributed by atoms with Gasteiger partial charge in [0.2, 0.25) is 5.91 Å². The van der Waals surface area contributed by atoms with Crippen molar-refractivity contribution < 1.29 is 18.0 Å². The Kier molecular flexibility index (Phi) is 5.12. The van der Waals surface area contributed by atoms with Gasteiger partial charge in [-0.15, -0.1) is 0 Å². The molecule has 1 amide bonds. The molecule has 0 radical (unpaired) electrons. The first-order valence-corrected chi connectivity index (χ1v) is 8.44. The van der Waals surface area contributed by atoms with E-state index < -0.39 is 12.7 Å². The zero-order valence-electron chi connectivity index (χ0n) is 14.2. The van der Waals surface area contributed by atoms with E-state index in [2.05, 4.69) is 14.9 Å². The van der Waals surface area contributed by atoms with Crippen LogP contribution >= 0.6 is 0 Å². The fourth-order valence-electron chi connectivity index (χ4n) is 3.47. The number of piperazine rings is 1. The fourth-order valence-corrected chi connectivity index (χ4v) is 3.47. The van der Waals surface area contributed by atoms with Crippen LogP contribution in [-0.4, -0.2) is 77.7 Å². The summed E-state index contributed by atoms with van der Waals surface area (Å²) in [7, 11) is 0. The van der Waals surface area contributed by atoms with Gasteiger partial charge in [0.1, 0.15) is 11.6 Å². The molecule has 1 aromatic rings. The lowest BCUT2D eigenvalue weighted by Gasteiger charge is -2.36. The van der Waals surface area contributed by atoms with Gasteiger partial charge in [-0.1, -0.05) is 0 Å². The Labute approximate surface area is 144 Å². The van der Waals surface area contributed by atoms with Crippen LogP contribution in [0.4, 0.5) is 19.0 Å². The number of likely N-dealkylation sites (tertiary alicyclic amines) is 1. The zero-order valence-corrected chi connectivity index (χ0v) is 14.2. The number of halogens is 3. The minimum atomic E-state index is -4.21. The molecule has 138 valence electrons. The summed E-state index contributed by atoms with van der Waals surface area (Å²) in [6.45, 7) is 3.89. The maximum atomic E-state index is 12.6. The van der Waals surface area contributed by atoms with E-state index in [9.17, 15) is 18.0 Å². The molecule has 2 aliphatic heterocycles. The van der Waals surface area contributed by atoms with E-state index in [-0.39, 0.29) is 18.4 Å². The summed E-state index contributed by atoms with van der Waals surface area (Å²) in [5.74, 6) is 1.20. The van der Waals surface area contributed by atoms with Gasteiger partial charge in [-0.2, -0.15) is 13.2 Å². The standard InChI is InChI=1S/C16H22F3N5O/c1-12-20-4-2-14(21-12)23-6-8-24(9-7-23)15(25)13-3-5-22(10-13)11-16(17,18)19/h2,4,13H,3,5-11H2,1H3. The van der Waals surface area contributed by atoms with Crippen molar-refractivity contribution in [3.8, 4) is 0 Å². The van der Waals surface area contributed by atoms with Crippen LogP contribution < -0.4 is 4.90 Å². The number of carbonyl (C=O) groups excluding carboxylic acids is 1. The van der Waals surface area contributed by atoms with Crippen molar-refractivity contribution in [3.05, 3.63) is 18.1 Å². The van der Waals surface area contributed by atoms with E-state index in [1.165, 1.54) is 4.90 Å². The fraction of sp³-hybridized carbons (Fsp3) is 0.688. The van der Waals surface area contributed by atoms with E-state index in [1.54, 1.807) is 11.1 Å². The van der Waals surface area contributed by atoms with Gasteiger partial charge in [0.05, 0.1) is 12.5 Å². The number of hydrogen-bond donors (Lipinski definition) is 0. The van der Waals surface area contributed by atoms with E-state index in [4.69, 9.17) is 0 Å². The van der Waals surface area contributed by atoms with Gasteiger partial charge in [-0.3, -0.25) is 9.69 Å². The van der Waals surface area contributed by atoms with Gasteiger partial charge >= 0.3 is 6.18 Å². The molecule has 0 aromatic carbocycles. The Hall–Kier alpha value is -1.90. The van der Waals surface area contributed by atoms with Crippen LogP contribution in [0.3, 0.4) is 0 Å². The first kappa shape index (κ1) is 17.9. The molecule has 2 aliphatic rings. The summed E-state index contributed by atoms with van der Waals surface area (Å²) in [4.78, 5) is 26.2. The second-order valence-electron chi connectivity index (χ2n) is 6.61. The van der Waals surface area contributed by atoms with Crippen molar-refractivity contribution in [2.24, 2.45) is 5.92 Å². The van der Waals surface area contributed by atoms with E-state index in [0.29, 0.717) is 45.0 Å². The van der Waals surface area contributed by atoms with Gasteiger partial charge in [-0.05, 0) is 26.0 Å². The quantitative estimate of drug-likeness (QED) is 0.817. The lowest BCUT2D eigenvalue weighted by atomic mass is 10.1. The van der Waals surface area contributed by atoms with Crippen molar-refractivity contribution in [2.75, 3.05) is 50.7 Å². The lowest BCUT2D eigenvalue weighted by molar-refractivity contribution is -0.146. The minimum Gasteiger partial charge on any atom is -0.353 e. The summed E-state index contributed by atoms with van der Waals surface area (Å²) < 4.78 is 37.4. The van der Waals surface area contributed by atoms with E-state index in [0.717, 1.165) is 5.82 Å². The number of nitrogens with zero attached hydrogens (tertiary/aromatic N) is 5. The number of anilines is 1. The number of rotatable bonds is 3. The van der Waals surface area contributed by atoms with Crippen molar-refractivity contribution in [1.29, 1.82) is 0 Å². The van der Waals surface area contributed by atoms with Crippen LogP contribution in [0.15, 0.2) is 12.3 Å². The first-order chi connectivity index (χ1) is 11.8. The van der Waals surface area contributed by atoms with Crippen molar-refractivity contribution in [2.45, 2.75) is 19.5 Å². The number of hydrogen-bond acceptors (Lipinski definition) is 5. The normalized spacial score (nSPS) is 22.5. The van der Waals surface area contributed by atoms with E-state index in [1.807, 2.05) is 13.0 Å². The van der Waals surface area contributed by atoms with Crippen molar-refractivity contribution in [3.63, 3.8) is 0 Å². The molecule has 3 heterocycles. The Bertz CT molecular complexity index is 616. The predicted molar refractivity (Wildman–Crippen MR) is 86.2 cm³/mol. The molecule has 6 nitrogen and oxygen atoms in total. The molecular formula is C16H22F3N5O. The molecular weight excluding hydrogens is 335 g/mol.